The van der Waals surface area contributed by atoms with Crippen LogP contribution in [0.5, 0.6) is 5.75 Å². The number of anilines is 3. The van der Waals surface area contributed by atoms with Gasteiger partial charge in [0.15, 0.2) is 0 Å². The number of ether oxygens (including phenoxy) is 2. The molecule has 1 spiro atoms. The molecule has 0 bridgehead atoms. The van der Waals surface area contributed by atoms with E-state index in [-0.39, 0.29) is 5.54 Å². The monoisotopic (exact) mass is 478 g/mol. The second-order valence-corrected chi connectivity index (χ2v) is 9.38. The first-order valence-corrected chi connectivity index (χ1v) is 11.7. The highest BCUT2D eigenvalue weighted by atomic mass is 35.5. The van der Waals surface area contributed by atoms with Crippen LogP contribution in [0.3, 0.4) is 0 Å². The number of hydrogen-bond acceptors (Lipinski definition) is 9. The van der Waals surface area contributed by atoms with Crippen LogP contribution >= 0.6 is 22.9 Å². The Labute approximate surface area is 198 Å². The minimum Gasteiger partial charge on any atom is -0.485 e. The van der Waals surface area contributed by atoms with Crippen molar-refractivity contribution < 1.29 is 9.47 Å². The number of hydrogen-bond donors (Lipinski definition) is 2. The molecule has 2 aromatic carbocycles. The maximum absolute atomic E-state index is 6.45. The molecule has 2 aliphatic rings. The normalized spacial score (nSPS) is 15.8. The number of benzene rings is 2. The quantitative estimate of drug-likeness (QED) is 0.383. The fourth-order valence-corrected chi connectivity index (χ4v) is 4.36. The number of halogens is 1. The molecular weight excluding hydrogens is 460 g/mol. The summed E-state index contributed by atoms with van der Waals surface area (Å²) in [6, 6.07) is 12.0. The molecule has 4 aromatic rings. The average Bonchev–Trinajstić information content (AvgIpc) is 3.18. The van der Waals surface area contributed by atoms with Crippen LogP contribution in [0.4, 0.5) is 17.2 Å². The third-order valence-corrected chi connectivity index (χ3v) is 6.61. The van der Waals surface area contributed by atoms with Crippen molar-refractivity contribution in [2.75, 3.05) is 17.2 Å². The van der Waals surface area contributed by atoms with E-state index < -0.39 is 0 Å². The zero-order valence-electron chi connectivity index (χ0n) is 17.4. The SMILES string of the molecule is Clc1cc(Nc2ncnc3ccc(NC4=NC5(CC5)CO4)cc23)ccc1OCc1nccs1. The fourth-order valence-electron chi connectivity index (χ4n) is 3.60. The molecule has 33 heavy (non-hydrogen) atoms. The van der Waals surface area contributed by atoms with E-state index in [0.717, 1.165) is 40.1 Å². The second kappa shape index (κ2) is 8.17. The van der Waals surface area contributed by atoms with E-state index in [1.54, 1.807) is 17.5 Å². The molecule has 0 radical (unpaired) electrons. The smallest absolute Gasteiger partial charge is 0.289 e. The highest BCUT2D eigenvalue weighted by Gasteiger charge is 2.48. The van der Waals surface area contributed by atoms with Gasteiger partial charge in [0.1, 0.15) is 41.7 Å². The Morgan fingerprint density at radius 1 is 1.06 bits per heavy atom. The molecule has 166 valence electrons. The van der Waals surface area contributed by atoms with Crippen molar-refractivity contribution in [3.8, 4) is 5.75 Å². The van der Waals surface area contributed by atoms with Gasteiger partial charge in [-0.25, -0.2) is 19.9 Å². The Balaban J connectivity index is 1.21. The molecule has 1 fully saturated rings. The number of nitrogens with zero attached hydrogens (tertiary/aromatic N) is 4. The topological polar surface area (TPSA) is 93.6 Å². The first kappa shape index (κ1) is 20.2. The summed E-state index contributed by atoms with van der Waals surface area (Å²) in [7, 11) is 0. The number of nitrogens with one attached hydrogen (secondary N) is 2. The van der Waals surface area contributed by atoms with Crippen LogP contribution in [0.2, 0.25) is 5.02 Å². The summed E-state index contributed by atoms with van der Waals surface area (Å²) < 4.78 is 11.5. The van der Waals surface area contributed by atoms with E-state index in [2.05, 4.69) is 30.6 Å². The molecule has 6 rings (SSSR count). The van der Waals surface area contributed by atoms with Gasteiger partial charge in [-0.15, -0.1) is 11.3 Å². The van der Waals surface area contributed by atoms with E-state index in [0.29, 0.717) is 35.8 Å². The Kier molecular flexibility index (Phi) is 5.00. The van der Waals surface area contributed by atoms with Gasteiger partial charge in [0.05, 0.1) is 10.5 Å². The third kappa shape index (κ3) is 4.29. The summed E-state index contributed by atoms with van der Waals surface area (Å²) in [4.78, 5) is 17.7. The molecule has 3 heterocycles. The van der Waals surface area contributed by atoms with E-state index in [9.17, 15) is 0 Å². The van der Waals surface area contributed by atoms with E-state index in [4.69, 9.17) is 21.1 Å². The molecule has 0 unspecified atom stereocenters. The van der Waals surface area contributed by atoms with Crippen molar-refractivity contribution >= 4 is 57.1 Å². The molecule has 0 amide bonds. The lowest BCUT2D eigenvalue weighted by molar-refractivity contribution is 0.306. The van der Waals surface area contributed by atoms with Crippen molar-refractivity contribution in [2.45, 2.75) is 25.0 Å². The highest BCUT2D eigenvalue weighted by Crippen LogP contribution is 2.43. The van der Waals surface area contributed by atoms with Crippen molar-refractivity contribution in [2.24, 2.45) is 4.99 Å². The molecule has 0 saturated heterocycles. The fraction of sp³-hybridized carbons (Fsp3) is 0.217. The van der Waals surface area contributed by atoms with Gasteiger partial charge in [-0.05, 0) is 49.2 Å². The summed E-state index contributed by atoms with van der Waals surface area (Å²) in [6.07, 6.45) is 5.47. The predicted molar refractivity (Wildman–Crippen MR) is 130 cm³/mol. The van der Waals surface area contributed by atoms with Crippen LogP contribution in [-0.4, -0.2) is 33.1 Å². The largest absolute Gasteiger partial charge is 0.485 e. The van der Waals surface area contributed by atoms with Crippen LogP contribution in [-0.2, 0) is 11.3 Å². The van der Waals surface area contributed by atoms with Crippen molar-refractivity contribution in [1.82, 2.24) is 15.0 Å². The van der Waals surface area contributed by atoms with Gasteiger partial charge in [-0.3, -0.25) is 0 Å². The van der Waals surface area contributed by atoms with Crippen molar-refractivity contribution in [3.63, 3.8) is 0 Å². The summed E-state index contributed by atoms with van der Waals surface area (Å²) in [5, 5.41) is 10.8. The minimum absolute atomic E-state index is 0.0183. The van der Waals surface area contributed by atoms with Crippen LogP contribution in [0.1, 0.15) is 17.8 Å². The van der Waals surface area contributed by atoms with Gasteiger partial charge in [0, 0.05) is 28.3 Å². The summed E-state index contributed by atoms with van der Waals surface area (Å²) >= 11 is 7.99. The molecule has 1 aliphatic carbocycles. The Morgan fingerprint density at radius 2 is 1.94 bits per heavy atom. The first-order chi connectivity index (χ1) is 16.2. The molecule has 1 aliphatic heterocycles. The number of fused-ring (bicyclic) bond motifs is 1. The van der Waals surface area contributed by atoms with E-state index in [1.807, 2.05) is 41.8 Å². The first-order valence-electron chi connectivity index (χ1n) is 10.5. The number of amidine groups is 1. The predicted octanol–water partition coefficient (Wildman–Crippen LogP) is 5.39. The second-order valence-electron chi connectivity index (χ2n) is 7.99. The Morgan fingerprint density at radius 3 is 2.73 bits per heavy atom. The summed E-state index contributed by atoms with van der Waals surface area (Å²) in [5.74, 6) is 1.27. The zero-order chi connectivity index (χ0) is 22.3. The number of aliphatic imine (C=N–C) groups is 1. The summed E-state index contributed by atoms with van der Waals surface area (Å²) in [6.45, 7) is 1.04. The van der Waals surface area contributed by atoms with Crippen molar-refractivity contribution in [3.05, 3.63) is 64.3 Å². The minimum atomic E-state index is 0.0183. The van der Waals surface area contributed by atoms with Crippen molar-refractivity contribution in [1.29, 1.82) is 0 Å². The van der Waals surface area contributed by atoms with Crippen LogP contribution < -0.4 is 15.4 Å². The standard InChI is InChI=1S/C23H19ClN6O2S/c24-17-10-15(2-4-19(17)31-11-20-25-7-8-33-20)28-21-16-9-14(1-3-18(16)26-13-27-21)29-22-30-23(5-6-23)12-32-22/h1-4,7-10,13H,5-6,11-12H2,(H,29,30)(H,26,27,28). The van der Waals surface area contributed by atoms with Gasteiger partial charge < -0.3 is 20.1 Å². The van der Waals surface area contributed by atoms with Gasteiger partial charge >= 0.3 is 0 Å². The van der Waals surface area contributed by atoms with Crippen LogP contribution in [0.15, 0.2) is 59.3 Å². The molecule has 10 heteroatoms. The van der Waals surface area contributed by atoms with Crippen LogP contribution in [0.25, 0.3) is 10.9 Å². The maximum Gasteiger partial charge on any atom is 0.289 e. The lowest BCUT2D eigenvalue weighted by Gasteiger charge is -2.12. The highest BCUT2D eigenvalue weighted by molar-refractivity contribution is 7.09. The molecule has 8 nitrogen and oxygen atoms in total. The van der Waals surface area contributed by atoms with Gasteiger partial charge in [0.2, 0.25) is 0 Å². The average molecular weight is 479 g/mol. The molecule has 2 N–H and O–H groups in total. The zero-order valence-corrected chi connectivity index (χ0v) is 19.0. The maximum atomic E-state index is 6.45. The van der Waals surface area contributed by atoms with E-state index in [1.165, 1.54) is 6.33 Å². The Hall–Kier alpha value is -3.43. The molecule has 0 atom stereocenters. The van der Waals surface area contributed by atoms with E-state index >= 15 is 0 Å². The van der Waals surface area contributed by atoms with Gasteiger partial charge in [0.25, 0.3) is 6.02 Å². The van der Waals surface area contributed by atoms with Gasteiger partial charge in [-0.1, -0.05) is 11.6 Å². The third-order valence-electron chi connectivity index (χ3n) is 5.56. The molecular formula is C23H19ClN6O2S. The number of rotatable bonds is 6. The lowest BCUT2D eigenvalue weighted by atomic mass is 10.2. The molecule has 1 saturated carbocycles. The summed E-state index contributed by atoms with van der Waals surface area (Å²) in [5.41, 5.74) is 2.49. The van der Waals surface area contributed by atoms with Gasteiger partial charge in [-0.2, -0.15) is 0 Å². The molecule has 2 aromatic heterocycles. The lowest BCUT2D eigenvalue weighted by Crippen LogP contribution is -2.11. The Bertz CT molecular complexity index is 1360. The van der Waals surface area contributed by atoms with Crippen LogP contribution in [0, 0.1) is 0 Å². The number of aromatic nitrogens is 3. The number of thiazole rings is 1.